The quantitative estimate of drug-likeness (QED) is 0.731. The van der Waals surface area contributed by atoms with Gasteiger partial charge in [-0.25, -0.2) is 8.98 Å². The smallest absolute Gasteiger partial charge is 0.336 e. The Balaban J connectivity index is 2.13. The van der Waals surface area contributed by atoms with Gasteiger partial charge in [0.2, 0.25) is 0 Å². The summed E-state index contributed by atoms with van der Waals surface area (Å²) < 4.78 is 35.0. The summed E-state index contributed by atoms with van der Waals surface area (Å²) in [5.41, 5.74) is 2.33. The molecule has 1 unspecified atom stereocenters. The Morgan fingerprint density at radius 3 is 2.68 bits per heavy atom. The van der Waals surface area contributed by atoms with Crippen LogP contribution in [-0.4, -0.2) is 46.6 Å². The van der Waals surface area contributed by atoms with Crippen molar-refractivity contribution in [3.8, 4) is 0 Å². The standard InChI is InChI=1S/C19H22N2O6S/c1-12-10-14-6-4-5-7-15(14)18(13(12)2)21(16-8-9-26-19(16)23)17(22)11-27-28(24,25)20-3/h4-7,10,16,20H,8-9,11H2,1-3H3. The van der Waals surface area contributed by atoms with Crippen LogP contribution in [0, 0.1) is 13.8 Å². The summed E-state index contributed by atoms with van der Waals surface area (Å²) in [7, 11) is -2.86. The summed E-state index contributed by atoms with van der Waals surface area (Å²) in [5.74, 6) is -1.16. The van der Waals surface area contributed by atoms with Crippen LogP contribution in [0.3, 0.4) is 0 Å². The molecular formula is C19H22N2O6S. The van der Waals surface area contributed by atoms with E-state index < -0.39 is 34.8 Å². The molecule has 8 nitrogen and oxygen atoms in total. The van der Waals surface area contributed by atoms with Crippen LogP contribution in [0.5, 0.6) is 0 Å². The number of anilines is 1. The van der Waals surface area contributed by atoms with Gasteiger partial charge in [0.15, 0.2) is 0 Å². The van der Waals surface area contributed by atoms with E-state index in [0.29, 0.717) is 12.1 Å². The molecule has 1 atom stereocenters. The second-order valence-corrected chi connectivity index (χ2v) is 8.10. The number of rotatable bonds is 6. The van der Waals surface area contributed by atoms with Gasteiger partial charge >= 0.3 is 16.3 Å². The number of nitrogens with one attached hydrogen (secondary N) is 1. The topological polar surface area (TPSA) is 102 Å². The van der Waals surface area contributed by atoms with Gasteiger partial charge < -0.3 is 4.74 Å². The van der Waals surface area contributed by atoms with Crippen LogP contribution in [0.2, 0.25) is 0 Å². The zero-order chi connectivity index (χ0) is 20.5. The van der Waals surface area contributed by atoms with Crippen molar-refractivity contribution in [2.24, 2.45) is 0 Å². The van der Waals surface area contributed by atoms with Crippen molar-refractivity contribution in [1.29, 1.82) is 0 Å². The Labute approximate surface area is 163 Å². The molecule has 1 amide bonds. The summed E-state index contributed by atoms with van der Waals surface area (Å²) in [6.07, 6.45) is 0.324. The molecule has 28 heavy (non-hydrogen) atoms. The zero-order valence-electron chi connectivity index (χ0n) is 15.9. The zero-order valence-corrected chi connectivity index (χ0v) is 16.7. The van der Waals surface area contributed by atoms with E-state index >= 15 is 0 Å². The normalized spacial score (nSPS) is 17.0. The highest BCUT2D eigenvalue weighted by atomic mass is 32.2. The second kappa shape index (κ2) is 7.86. The predicted molar refractivity (Wildman–Crippen MR) is 104 cm³/mol. The van der Waals surface area contributed by atoms with Gasteiger partial charge in [-0.15, -0.1) is 0 Å². The van der Waals surface area contributed by atoms with Crippen LogP contribution in [-0.2, 0) is 28.8 Å². The largest absolute Gasteiger partial charge is 0.464 e. The highest BCUT2D eigenvalue weighted by Crippen LogP contribution is 2.36. The molecule has 0 aromatic heterocycles. The van der Waals surface area contributed by atoms with E-state index in [-0.39, 0.29) is 6.61 Å². The van der Waals surface area contributed by atoms with Crippen molar-refractivity contribution in [3.63, 3.8) is 0 Å². The third-order valence-corrected chi connectivity index (χ3v) is 5.78. The molecule has 0 bridgehead atoms. The summed E-state index contributed by atoms with van der Waals surface area (Å²) in [6, 6.07) is 8.69. The number of hydrogen-bond acceptors (Lipinski definition) is 6. The number of benzene rings is 2. The Morgan fingerprint density at radius 2 is 2.04 bits per heavy atom. The third-order valence-electron chi connectivity index (χ3n) is 4.85. The highest BCUT2D eigenvalue weighted by Gasteiger charge is 2.38. The average Bonchev–Trinajstić information content (AvgIpc) is 3.09. The number of carbonyl (C=O) groups is 2. The Bertz CT molecular complexity index is 1030. The van der Waals surface area contributed by atoms with Crippen LogP contribution in [0.25, 0.3) is 10.8 Å². The molecule has 9 heteroatoms. The minimum Gasteiger partial charge on any atom is -0.464 e. The number of nitrogens with zero attached hydrogens (tertiary/aromatic N) is 1. The van der Waals surface area contributed by atoms with Gasteiger partial charge in [-0.2, -0.15) is 13.1 Å². The minimum atomic E-state index is -4.04. The average molecular weight is 406 g/mol. The molecule has 0 radical (unpaired) electrons. The SMILES string of the molecule is CNS(=O)(=O)OCC(=O)N(c1c(C)c(C)cc2ccccc12)C1CCOC1=O. The fourth-order valence-electron chi connectivity index (χ4n) is 3.31. The molecular weight excluding hydrogens is 384 g/mol. The van der Waals surface area contributed by atoms with Crippen LogP contribution >= 0.6 is 0 Å². The molecule has 2 aromatic rings. The molecule has 3 rings (SSSR count). The van der Waals surface area contributed by atoms with Crippen LogP contribution < -0.4 is 9.62 Å². The molecule has 1 saturated heterocycles. The van der Waals surface area contributed by atoms with Crippen molar-refractivity contribution < 1.29 is 26.9 Å². The van der Waals surface area contributed by atoms with Gasteiger partial charge in [-0.3, -0.25) is 9.69 Å². The van der Waals surface area contributed by atoms with E-state index in [4.69, 9.17) is 8.92 Å². The molecule has 1 N–H and O–H groups in total. The minimum absolute atomic E-state index is 0.200. The van der Waals surface area contributed by atoms with Crippen molar-refractivity contribution >= 4 is 38.6 Å². The predicted octanol–water partition coefficient (Wildman–Crippen LogP) is 1.59. The monoisotopic (exact) mass is 406 g/mol. The number of esters is 1. The van der Waals surface area contributed by atoms with E-state index in [1.54, 1.807) is 0 Å². The fourth-order valence-corrected chi connectivity index (χ4v) is 3.68. The van der Waals surface area contributed by atoms with E-state index in [2.05, 4.69) is 0 Å². The van der Waals surface area contributed by atoms with Crippen molar-refractivity contribution in [2.75, 3.05) is 25.2 Å². The lowest BCUT2D eigenvalue weighted by Crippen LogP contribution is -2.46. The molecule has 150 valence electrons. The molecule has 1 heterocycles. The van der Waals surface area contributed by atoms with Gasteiger partial charge in [-0.05, 0) is 30.4 Å². The number of aryl methyl sites for hydroxylation is 1. The maximum absolute atomic E-state index is 13.0. The van der Waals surface area contributed by atoms with Crippen molar-refractivity contribution in [1.82, 2.24) is 4.72 Å². The van der Waals surface area contributed by atoms with Crippen LogP contribution in [0.4, 0.5) is 5.69 Å². The molecule has 1 fully saturated rings. The van der Waals surface area contributed by atoms with Gasteiger partial charge in [0, 0.05) is 18.9 Å². The van der Waals surface area contributed by atoms with Gasteiger partial charge in [-0.1, -0.05) is 30.3 Å². The summed E-state index contributed by atoms with van der Waals surface area (Å²) >= 11 is 0. The first-order valence-corrected chi connectivity index (χ1v) is 10.2. The second-order valence-electron chi connectivity index (χ2n) is 6.54. The maximum Gasteiger partial charge on any atom is 0.336 e. The number of fused-ring (bicyclic) bond motifs is 1. The van der Waals surface area contributed by atoms with Gasteiger partial charge in [0.25, 0.3) is 5.91 Å². The highest BCUT2D eigenvalue weighted by molar-refractivity contribution is 7.84. The number of cyclic esters (lactones) is 1. The lowest BCUT2D eigenvalue weighted by molar-refractivity contribution is -0.140. The lowest BCUT2D eigenvalue weighted by Gasteiger charge is -2.30. The van der Waals surface area contributed by atoms with E-state index in [1.807, 2.05) is 48.9 Å². The Morgan fingerprint density at radius 1 is 1.32 bits per heavy atom. The number of ether oxygens (including phenoxy) is 1. The first kappa shape index (κ1) is 20.2. The first-order valence-electron chi connectivity index (χ1n) is 8.80. The molecule has 0 spiro atoms. The molecule has 2 aromatic carbocycles. The molecule has 1 aliphatic rings. The van der Waals surface area contributed by atoms with E-state index in [1.165, 1.54) is 11.9 Å². The first-order chi connectivity index (χ1) is 13.2. The van der Waals surface area contributed by atoms with Crippen molar-refractivity contribution in [2.45, 2.75) is 26.3 Å². The van der Waals surface area contributed by atoms with Gasteiger partial charge in [0.1, 0.15) is 12.6 Å². The van der Waals surface area contributed by atoms with E-state index in [9.17, 15) is 18.0 Å². The molecule has 0 aliphatic carbocycles. The summed E-state index contributed by atoms with van der Waals surface area (Å²) in [6.45, 7) is 3.26. The molecule has 0 saturated carbocycles. The third kappa shape index (κ3) is 3.87. The van der Waals surface area contributed by atoms with Crippen molar-refractivity contribution in [3.05, 3.63) is 41.5 Å². The Hall–Kier alpha value is -2.49. The number of amides is 1. The Kier molecular flexibility index (Phi) is 5.69. The number of carbonyl (C=O) groups excluding carboxylic acids is 2. The van der Waals surface area contributed by atoms with Crippen LogP contribution in [0.1, 0.15) is 17.5 Å². The number of hydrogen-bond donors (Lipinski definition) is 1. The summed E-state index contributed by atoms with van der Waals surface area (Å²) in [5, 5.41) is 1.70. The lowest BCUT2D eigenvalue weighted by atomic mass is 9.97. The molecule has 1 aliphatic heterocycles. The van der Waals surface area contributed by atoms with Gasteiger partial charge in [0.05, 0.1) is 12.3 Å². The van der Waals surface area contributed by atoms with Crippen LogP contribution in [0.15, 0.2) is 30.3 Å². The fraction of sp³-hybridized carbons (Fsp3) is 0.368. The van der Waals surface area contributed by atoms with E-state index in [0.717, 1.165) is 21.9 Å². The maximum atomic E-state index is 13.0. The summed E-state index contributed by atoms with van der Waals surface area (Å²) in [4.78, 5) is 26.7.